The van der Waals surface area contributed by atoms with Crippen LogP contribution in [0.25, 0.3) is 33.6 Å². The van der Waals surface area contributed by atoms with E-state index in [1.54, 1.807) is 48.4 Å². The Morgan fingerprint density at radius 1 is 1.03 bits per heavy atom. The van der Waals surface area contributed by atoms with Gasteiger partial charge in [0.25, 0.3) is 5.56 Å². The van der Waals surface area contributed by atoms with E-state index in [1.165, 1.54) is 6.07 Å². The number of hydrogen-bond acceptors (Lipinski definition) is 5. The number of hydrogen-bond donors (Lipinski definition) is 1. The lowest BCUT2D eigenvalue weighted by Crippen LogP contribution is -2.16. The van der Waals surface area contributed by atoms with Crippen molar-refractivity contribution >= 4 is 22.2 Å². The summed E-state index contributed by atoms with van der Waals surface area (Å²) in [5, 5.41) is 0.414. The summed E-state index contributed by atoms with van der Waals surface area (Å²) in [5.41, 5.74) is 2.04. The van der Waals surface area contributed by atoms with Gasteiger partial charge in [-0.1, -0.05) is 0 Å². The van der Waals surface area contributed by atoms with Crippen LogP contribution in [0.2, 0.25) is 0 Å². The van der Waals surface area contributed by atoms with E-state index < -0.39 is 17.2 Å². The van der Waals surface area contributed by atoms with E-state index >= 15 is 0 Å². The molecule has 0 aliphatic rings. The zero-order valence-corrected chi connectivity index (χ0v) is 15.7. The van der Waals surface area contributed by atoms with Crippen molar-refractivity contribution in [3.8, 4) is 11.4 Å². The molecular weight excluding hydrogens is 390 g/mol. The SMILES string of the molecule is Cc1c(Cn2c(-c3ccncc3)nc3nccnc32)c2ccc(F)c(F)c2[nH]c1=O. The molecule has 0 aliphatic heterocycles. The highest BCUT2D eigenvalue weighted by molar-refractivity contribution is 5.84. The summed E-state index contributed by atoms with van der Waals surface area (Å²) >= 11 is 0. The lowest BCUT2D eigenvalue weighted by atomic mass is 10.0. The molecule has 30 heavy (non-hydrogen) atoms. The van der Waals surface area contributed by atoms with E-state index in [-0.39, 0.29) is 12.1 Å². The molecule has 4 heterocycles. The van der Waals surface area contributed by atoms with Gasteiger partial charge in [-0.15, -0.1) is 0 Å². The van der Waals surface area contributed by atoms with Crippen LogP contribution in [0.15, 0.2) is 53.8 Å². The molecule has 7 nitrogen and oxygen atoms in total. The zero-order chi connectivity index (χ0) is 20.8. The number of nitrogens with zero attached hydrogens (tertiary/aromatic N) is 5. The minimum atomic E-state index is -1.09. The molecule has 0 amide bonds. The Morgan fingerprint density at radius 3 is 2.60 bits per heavy atom. The molecule has 0 aliphatic carbocycles. The number of H-pyrrole nitrogens is 1. The van der Waals surface area contributed by atoms with E-state index in [0.717, 1.165) is 11.6 Å². The number of nitrogens with one attached hydrogen (secondary N) is 1. The fraction of sp³-hybridized carbons (Fsp3) is 0.0952. The van der Waals surface area contributed by atoms with Crippen LogP contribution < -0.4 is 5.56 Å². The minimum absolute atomic E-state index is 0.165. The Kier molecular flexibility index (Phi) is 4.09. The van der Waals surface area contributed by atoms with Crippen molar-refractivity contribution < 1.29 is 8.78 Å². The average molecular weight is 404 g/mol. The molecular formula is C21H14F2N6O. The molecule has 0 unspecified atom stereocenters. The Labute approximate surface area is 168 Å². The third-order valence-corrected chi connectivity index (χ3v) is 5.09. The van der Waals surface area contributed by atoms with Crippen molar-refractivity contribution in [3.05, 3.63) is 82.2 Å². The van der Waals surface area contributed by atoms with Gasteiger partial charge in [0, 0.05) is 41.3 Å². The monoisotopic (exact) mass is 404 g/mol. The predicted molar refractivity (Wildman–Crippen MR) is 107 cm³/mol. The van der Waals surface area contributed by atoms with Crippen molar-refractivity contribution in [2.24, 2.45) is 0 Å². The van der Waals surface area contributed by atoms with Crippen molar-refractivity contribution in [1.82, 2.24) is 29.5 Å². The molecule has 0 saturated carbocycles. The summed E-state index contributed by atoms with van der Waals surface area (Å²) in [6.45, 7) is 1.82. The number of benzene rings is 1. The van der Waals surface area contributed by atoms with Crippen molar-refractivity contribution in [1.29, 1.82) is 0 Å². The van der Waals surface area contributed by atoms with Gasteiger partial charge in [-0.3, -0.25) is 9.78 Å². The summed E-state index contributed by atoms with van der Waals surface area (Å²) in [6, 6.07) is 6.11. The maximum Gasteiger partial charge on any atom is 0.251 e. The van der Waals surface area contributed by atoms with E-state index in [2.05, 4.69) is 24.9 Å². The number of aromatic nitrogens is 6. The Bertz CT molecular complexity index is 1480. The van der Waals surface area contributed by atoms with Crippen molar-refractivity contribution in [2.45, 2.75) is 13.5 Å². The fourth-order valence-electron chi connectivity index (χ4n) is 3.56. The van der Waals surface area contributed by atoms with Crippen LogP contribution in [0.5, 0.6) is 0 Å². The molecule has 5 aromatic rings. The second-order valence-electron chi connectivity index (χ2n) is 6.80. The summed E-state index contributed by atoms with van der Waals surface area (Å²) in [6.07, 6.45) is 6.38. The molecule has 5 rings (SSSR count). The van der Waals surface area contributed by atoms with Crippen LogP contribution in [-0.2, 0) is 6.54 Å². The smallest absolute Gasteiger partial charge is 0.251 e. The van der Waals surface area contributed by atoms with E-state index in [0.29, 0.717) is 33.6 Å². The van der Waals surface area contributed by atoms with Crippen LogP contribution in [0.1, 0.15) is 11.1 Å². The zero-order valence-electron chi connectivity index (χ0n) is 15.7. The third kappa shape index (κ3) is 2.74. The van der Waals surface area contributed by atoms with Crippen LogP contribution in [0, 0.1) is 18.6 Å². The molecule has 0 spiro atoms. The number of rotatable bonds is 3. The second-order valence-corrected chi connectivity index (χ2v) is 6.80. The van der Waals surface area contributed by atoms with Crippen molar-refractivity contribution in [2.75, 3.05) is 0 Å². The quantitative estimate of drug-likeness (QED) is 0.498. The molecule has 4 aromatic heterocycles. The summed E-state index contributed by atoms with van der Waals surface area (Å²) in [7, 11) is 0. The molecule has 0 atom stereocenters. The van der Waals surface area contributed by atoms with Gasteiger partial charge in [0.1, 0.15) is 5.82 Å². The van der Waals surface area contributed by atoms with Crippen LogP contribution in [0.3, 0.4) is 0 Å². The molecule has 148 valence electrons. The van der Waals surface area contributed by atoms with Crippen molar-refractivity contribution in [3.63, 3.8) is 0 Å². The summed E-state index contributed by atoms with van der Waals surface area (Å²) in [4.78, 5) is 32.2. The second kappa shape index (κ2) is 6.80. The predicted octanol–water partition coefficient (Wildman–Crippen LogP) is 3.36. The normalized spacial score (nSPS) is 11.4. The average Bonchev–Trinajstić information content (AvgIpc) is 3.13. The molecule has 9 heteroatoms. The van der Waals surface area contributed by atoms with Crippen LogP contribution in [-0.4, -0.2) is 29.5 Å². The third-order valence-electron chi connectivity index (χ3n) is 5.09. The lowest BCUT2D eigenvalue weighted by Gasteiger charge is -2.14. The first kappa shape index (κ1) is 18.0. The Hall–Kier alpha value is -4.01. The van der Waals surface area contributed by atoms with Crippen LogP contribution >= 0.6 is 0 Å². The first-order valence-corrected chi connectivity index (χ1v) is 9.11. The molecule has 1 N–H and O–H groups in total. The first-order valence-electron chi connectivity index (χ1n) is 9.11. The van der Waals surface area contributed by atoms with Gasteiger partial charge in [-0.25, -0.2) is 23.7 Å². The van der Waals surface area contributed by atoms with E-state index in [9.17, 15) is 13.6 Å². The molecule has 0 saturated heterocycles. The van der Waals surface area contributed by atoms with E-state index in [4.69, 9.17) is 0 Å². The van der Waals surface area contributed by atoms with Gasteiger partial charge in [0.05, 0.1) is 12.1 Å². The minimum Gasteiger partial charge on any atom is -0.319 e. The molecule has 0 fully saturated rings. The van der Waals surface area contributed by atoms with Gasteiger partial charge in [-0.2, -0.15) is 0 Å². The highest BCUT2D eigenvalue weighted by Gasteiger charge is 2.19. The van der Waals surface area contributed by atoms with Gasteiger partial charge in [0.15, 0.2) is 22.9 Å². The van der Waals surface area contributed by atoms with Gasteiger partial charge >= 0.3 is 0 Å². The molecule has 1 aromatic carbocycles. The lowest BCUT2D eigenvalue weighted by molar-refractivity contribution is 0.515. The Balaban J connectivity index is 1.80. The number of fused-ring (bicyclic) bond motifs is 2. The topological polar surface area (TPSA) is 89.3 Å². The van der Waals surface area contributed by atoms with Gasteiger partial charge in [0.2, 0.25) is 0 Å². The number of halogens is 2. The summed E-state index contributed by atoms with van der Waals surface area (Å²) in [5.74, 6) is -1.53. The maximum atomic E-state index is 14.4. The fourth-order valence-corrected chi connectivity index (χ4v) is 3.56. The number of aromatic amines is 1. The highest BCUT2D eigenvalue weighted by Crippen LogP contribution is 2.27. The number of imidazole rings is 1. The van der Waals surface area contributed by atoms with Crippen LogP contribution in [0.4, 0.5) is 8.78 Å². The van der Waals surface area contributed by atoms with Gasteiger partial charge < -0.3 is 9.55 Å². The Morgan fingerprint density at radius 2 is 1.80 bits per heavy atom. The standard InChI is InChI=1S/C21H14F2N6O/c1-11-14(13-2-3-15(22)16(23)17(13)27-21(11)30)10-29-19(12-4-6-24-7-5-12)28-18-20(29)26-9-8-25-18/h2-9H,10H2,1H3,(H,27,30). The van der Waals surface area contributed by atoms with Gasteiger partial charge in [-0.05, 0) is 36.8 Å². The first-order chi connectivity index (χ1) is 14.5. The van der Waals surface area contributed by atoms with E-state index in [1.807, 2.05) is 0 Å². The largest absolute Gasteiger partial charge is 0.319 e. The molecule has 0 radical (unpaired) electrons. The summed E-state index contributed by atoms with van der Waals surface area (Å²) < 4.78 is 29.9. The molecule has 0 bridgehead atoms. The number of pyridine rings is 2. The maximum absolute atomic E-state index is 14.4. The highest BCUT2D eigenvalue weighted by atomic mass is 19.2.